The summed E-state index contributed by atoms with van der Waals surface area (Å²) >= 11 is 0. The number of nitrogens with one attached hydrogen (secondary N) is 1. The van der Waals surface area contributed by atoms with E-state index >= 15 is 0 Å². The quantitative estimate of drug-likeness (QED) is 0.385. The van der Waals surface area contributed by atoms with Gasteiger partial charge in [0.1, 0.15) is 11.6 Å². The second-order valence-corrected chi connectivity index (χ2v) is 11.1. The molecule has 0 aliphatic carbocycles. The number of likely N-dealkylation sites (N-methyl/N-ethyl adjacent to an activating group) is 1. The number of benzene rings is 3. The van der Waals surface area contributed by atoms with Crippen LogP contribution in [0.4, 0.5) is 18.9 Å². The summed E-state index contributed by atoms with van der Waals surface area (Å²) < 4.78 is 47.1. The molecule has 1 atom stereocenters. The smallest absolute Gasteiger partial charge is 0.230 e. The molecule has 2 heterocycles. The van der Waals surface area contributed by atoms with Crippen molar-refractivity contribution >= 4 is 17.5 Å². The monoisotopic (exact) mass is 565 g/mol. The Balaban J connectivity index is 1.27. The van der Waals surface area contributed by atoms with Crippen molar-refractivity contribution in [1.29, 1.82) is 0 Å². The van der Waals surface area contributed by atoms with Crippen molar-refractivity contribution in [3.63, 3.8) is 0 Å². The van der Waals surface area contributed by atoms with E-state index in [0.29, 0.717) is 62.1 Å². The van der Waals surface area contributed by atoms with E-state index in [-0.39, 0.29) is 35.7 Å². The number of halogens is 3. The Morgan fingerprint density at radius 1 is 1.02 bits per heavy atom. The van der Waals surface area contributed by atoms with Crippen LogP contribution in [0.3, 0.4) is 0 Å². The van der Waals surface area contributed by atoms with Crippen molar-refractivity contribution in [3.8, 4) is 5.75 Å². The van der Waals surface area contributed by atoms with Gasteiger partial charge in [0.25, 0.3) is 0 Å². The normalized spacial score (nSPS) is 17.0. The van der Waals surface area contributed by atoms with Crippen LogP contribution < -0.4 is 10.1 Å². The summed E-state index contributed by atoms with van der Waals surface area (Å²) in [5.74, 6) is -1.77. The minimum absolute atomic E-state index is 0.0562. The highest BCUT2D eigenvalue weighted by atomic mass is 19.1. The van der Waals surface area contributed by atoms with Crippen molar-refractivity contribution in [1.82, 2.24) is 9.80 Å². The highest BCUT2D eigenvalue weighted by Crippen LogP contribution is 2.45. The third kappa shape index (κ3) is 6.25. The molecule has 0 bridgehead atoms. The molecule has 1 spiro atoms. The summed E-state index contributed by atoms with van der Waals surface area (Å²) in [5, 5.41) is 2.87. The van der Waals surface area contributed by atoms with Gasteiger partial charge in [-0.2, -0.15) is 0 Å². The molecular weight excluding hydrogens is 531 g/mol. The Morgan fingerprint density at radius 2 is 1.73 bits per heavy atom. The van der Waals surface area contributed by atoms with Gasteiger partial charge in [-0.15, -0.1) is 0 Å². The molecule has 0 aromatic heterocycles. The minimum Gasteiger partial charge on any atom is -0.494 e. The van der Waals surface area contributed by atoms with Gasteiger partial charge < -0.3 is 19.9 Å². The Kier molecular flexibility index (Phi) is 8.35. The van der Waals surface area contributed by atoms with Crippen molar-refractivity contribution in [2.75, 3.05) is 39.1 Å². The fourth-order valence-electron chi connectivity index (χ4n) is 6.18. The first-order chi connectivity index (χ1) is 19.7. The van der Waals surface area contributed by atoms with E-state index in [1.807, 2.05) is 0 Å². The summed E-state index contributed by atoms with van der Waals surface area (Å²) in [6.45, 7) is 2.24. The molecule has 216 valence electrons. The van der Waals surface area contributed by atoms with E-state index in [0.717, 1.165) is 5.56 Å². The van der Waals surface area contributed by atoms with Crippen molar-refractivity contribution in [2.24, 2.45) is 0 Å². The number of hydrogen-bond donors (Lipinski definition) is 1. The first-order valence-electron chi connectivity index (χ1n) is 13.8. The number of hydrogen-bond acceptors (Lipinski definition) is 4. The maximum atomic E-state index is 14.2. The summed E-state index contributed by atoms with van der Waals surface area (Å²) in [6, 6.07) is 15.1. The number of piperidine rings is 1. The molecule has 1 unspecified atom stereocenters. The number of carbonyl (C=O) groups excluding carboxylic acids is 2. The van der Waals surface area contributed by atoms with Crippen LogP contribution in [0.1, 0.15) is 48.3 Å². The van der Waals surface area contributed by atoms with Gasteiger partial charge in [0.05, 0.1) is 13.0 Å². The van der Waals surface area contributed by atoms with E-state index in [9.17, 15) is 22.8 Å². The van der Waals surface area contributed by atoms with Crippen LogP contribution in [-0.2, 0) is 21.5 Å². The molecular formula is C32H34F3N3O3. The Bertz CT molecular complexity index is 1420. The fourth-order valence-corrected chi connectivity index (χ4v) is 6.18. The molecule has 2 aliphatic rings. The second kappa shape index (κ2) is 11.9. The fraction of sp³-hybridized carbons (Fsp3) is 0.375. The zero-order valence-corrected chi connectivity index (χ0v) is 23.3. The van der Waals surface area contributed by atoms with E-state index in [1.165, 1.54) is 43.5 Å². The third-order valence-corrected chi connectivity index (χ3v) is 8.46. The molecule has 0 radical (unpaired) electrons. The zero-order chi connectivity index (χ0) is 29.1. The topological polar surface area (TPSA) is 61.9 Å². The number of carbonyl (C=O) groups is 2. The Morgan fingerprint density at radius 3 is 2.41 bits per heavy atom. The van der Waals surface area contributed by atoms with Crippen LogP contribution in [0.5, 0.6) is 5.75 Å². The van der Waals surface area contributed by atoms with E-state index < -0.39 is 17.2 Å². The Labute approximate surface area is 238 Å². The first kappa shape index (κ1) is 28.7. The molecule has 2 aliphatic heterocycles. The number of nitrogens with zero attached hydrogens (tertiary/aromatic N) is 2. The highest BCUT2D eigenvalue weighted by Gasteiger charge is 2.42. The van der Waals surface area contributed by atoms with Crippen molar-refractivity contribution in [2.45, 2.75) is 43.6 Å². The van der Waals surface area contributed by atoms with Crippen LogP contribution in [0.2, 0.25) is 0 Å². The number of fused-ring (bicyclic) bond motifs is 2. The molecule has 3 aromatic rings. The van der Waals surface area contributed by atoms with Crippen molar-refractivity contribution in [3.05, 3.63) is 94.8 Å². The van der Waals surface area contributed by atoms with Gasteiger partial charge in [-0.3, -0.25) is 9.59 Å². The molecule has 9 heteroatoms. The van der Waals surface area contributed by atoms with Gasteiger partial charge in [-0.25, -0.2) is 13.2 Å². The highest BCUT2D eigenvalue weighted by molar-refractivity contribution is 5.95. The molecule has 1 fully saturated rings. The lowest BCUT2D eigenvalue weighted by atomic mass is 9.68. The molecule has 3 aromatic carbocycles. The number of amides is 2. The van der Waals surface area contributed by atoms with Gasteiger partial charge in [0.15, 0.2) is 11.6 Å². The van der Waals surface area contributed by atoms with Crippen molar-refractivity contribution < 1.29 is 27.5 Å². The van der Waals surface area contributed by atoms with Gasteiger partial charge in [0, 0.05) is 31.1 Å². The molecule has 1 saturated heterocycles. The van der Waals surface area contributed by atoms with E-state index in [4.69, 9.17) is 4.74 Å². The van der Waals surface area contributed by atoms with Crippen LogP contribution in [-0.4, -0.2) is 55.4 Å². The van der Waals surface area contributed by atoms with Crippen LogP contribution >= 0.6 is 0 Å². The molecule has 2 amide bonds. The maximum absolute atomic E-state index is 14.2. The summed E-state index contributed by atoms with van der Waals surface area (Å²) in [6.07, 6.45) is 2.24. The molecule has 0 saturated carbocycles. The van der Waals surface area contributed by atoms with E-state index in [1.54, 1.807) is 36.2 Å². The summed E-state index contributed by atoms with van der Waals surface area (Å²) in [7, 11) is 3.07. The standard InChI is InChI=1S/C32H34F3N3O3/c1-37(20-21-3-10-29(41-2)27(35)17-21)31(40)25(22-4-6-23(33)7-5-22)11-14-38-15-12-32(13-16-38)19-30(39)36-28-9-8-24(34)18-26(28)32/h3-10,17-18,25H,11-16,19-20H2,1-2H3,(H,36,39). The number of anilines is 1. The largest absolute Gasteiger partial charge is 0.494 e. The van der Waals surface area contributed by atoms with Gasteiger partial charge in [-0.05, 0) is 98.1 Å². The lowest BCUT2D eigenvalue weighted by Gasteiger charge is -2.45. The zero-order valence-electron chi connectivity index (χ0n) is 23.3. The van der Waals surface area contributed by atoms with Crippen LogP contribution in [0.25, 0.3) is 0 Å². The van der Waals surface area contributed by atoms with Gasteiger partial charge >= 0.3 is 0 Å². The molecule has 1 N–H and O–H groups in total. The van der Waals surface area contributed by atoms with Crippen LogP contribution in [0, 0.1) is 17.5 Å². The van der Waals surface area contributed by atoms with Crippen LogP contribution in [0.15, 0.2) is 60.7 Å². The number of likely N-dealkylation sites (tertiary alicyclic amines) is 1. The summed E-state index contributed by atoms with van der Waals surface area (Å²) in [5.41, 5.74) is 2.47. The molecule has 5 rings (SSSR count). The van der Waals surface area contributed by atoms with Gasteiger partial charge in [-0.1, -0.05) is 18.2 Å². The number of methoxy groups -OCH3 is 1. The average Bonchev–Trinajstić information content (AvgIpc) is 2.95. The minimum atomic E-state index is -0.519. The Hall–Kier alpha value is -3.85. The number of ether oxygens (including phenoxy) is 1. The lowest BCUT2D eigenvalue weighted by Crippen LogP contribution is -2.47. The lowest BCUT2D eigenvalue weighted by molar-refractivity contribution is -0.132. The average molecular weight is 566 g/mol. The SMILES string of the molecule is COc1ccc(CN(C)C(=O)C(CCN2CCC3(CC2)CC(=O)Nc2ccc(F)cc23)c2ccc(F)cc2)cc1F. The van der Waals surface area contributed by atoms with Gasteiger partial charge in [0.2, 0.25) is 11.8 Å². The predicted octanol–water partition coefficient (Wildman–Crippen LogP) is 5.62. The molecule has 6 nitrogen and oxygen atoms in total. The first-order valence-corrected chi connectivity index (χ1v) is 13.8. The van der Waals surface area contributed by atoms with E-state index in [2.05, 4.69) is 10.2 Å². The molecule has 41 heavy (non-hydrogen) atoms. The number of rotatable bonds is 8. The maximum Gasteiger partial charge on any atom is 0.230 e. The predicted molar refractivity (Wildman–Crippen MR) is 150 cm³/mol. The third-order valence-electron chi connectivity index (χ3n) is 8.46. The summed E-state index contributed by atoms with van der Waals surface area (Å²) in [4.78, 5) is 30.0. The second-order valence-electron chi connectivity index (χ2n) is 11.1.